The smallest absolute Gasteiger partial charge is 0.325 e. The molecule has 0 aliphatic heterocycles. The zero-order valence-electron chi connectivity index (χ0n) is 11.1. The van der Waals surface area contributed by atoms with Gasteiger partial charge in [0.2, 0.25) is 0 Å². The van der Waals surface area contributed by atoms with Gasteiger partial charge in [-0.05, 0) is 24.3 Å². The molecule has 0 aliphatic rings. The Morgan fingerprint density at radius 3 is 2.62 bits per heavy atom. The number of anilines is 1. The number of aromatic nitrogens is 2. The van der Waals surface area contributed by atoms with E-state index >= 15 is 0 Å². The molecule has 0 bridgehead atoms. The minimum Gasteiger partial charge on any atom is -0.497 e. The normalized spacial score (nSPS) is 11.1. The van der Waals surface area contributed by atoms with E-state index in [1.165, 1.54) is 7.11 Å². The van der Waals surface area contributed by atoms with Gasteiger partial charge in [-0.15, -0.1) is 0 Å². The predicted molar refractivity (Wildman–Crippen MR) is 73.7 cm³/mol. The van der Waals surface area contributed by atoms with E-state index < -0.39 is 22.5 Å². The van der Waals surface area contributed by atoms with Crippen molar-refractivity contribution in [1.82, 2.24) is 9.78 Å². The van der Waals surface area contributed by atoms with Crippen LogP contribution in [0.2, 0.25) is 0 Å². The van der Waals surface area contributed by atoms with Crippen molar-refractivity contribution in [3.63, 3.8) is 0 Å². The fourth-order valence-electron chi connectivity index (χ4n) is 1.58. The number of sulfonamides is 1. The molecule has 21 heavy (non-hydrogen) atoms. The van der Waals surface area contributed by atoms with Crippen LogP contribution >= 0.6 is 0 Å². The number of hydrogen-bond donors (Lipinski definition) is 2. The quantitative estimate of drug-likeness (QED) is 0.815. The molecule has 0 saturated carbocycles. The summed E-state index contributed by atoms with van der Waals surface area (Å²) in [4.78, 5) is 10.4. The minimum atomic E-state index is -3.81. The van der Waals surface area contributed by atoms with E-state index in [-0.39, 0.29) is 4.90 Å². The van der Waals surface area contributed by atoms with Crippen molar-refractivity contribution in [2.45, 2.75) is 11.4 Å². The Hall–Kier alpha value is -2.55. The molecular formula is C12H13N3O5S. The van der Waals surface area contributed by atoms with Crippen molar-refractivity contribution in [2.75, 3.05) is 11.8 Å². The lowest BCUT2D eigenvalue weighted by Gasteiger charge is -2.06. The number of carboxylic acids is 1. The first-order valence-corrected chi connectivity index (χ1v) is 7.30. The van der Waals surface area contributed by atoms with Gasteiger partial charge in [0.25, 0.3) is 10.0 Å². The highest BCUT2D eigenvalue weighted by molar-refractivity contribution is 7.92. The van der Waals surface area contributed by atoms with Crippen LogP contribution in [0, 0.1) is 0 Å². The second-order valence-electron chi connectivity index (χ2n) is 4.10. The number of hydrogen-bond acceptors (Lipinski definition) is 5. The van der Waals surface area contributed by atoms with Gasteiger partial charge in [0.1, 0.15) is 17.2 Å². The first kappa shape index (κ1) is 14.9. The molecule has 112 valence electrons. The lowest BCUT2D eigenvalue weighted by molar-refractivity contribution is -0.137. The number of nitrogens with zero attached hydrogens (tertiary/aromatic N) is 2. The summed E-state index contributed by atoms with van der Waals surface area (Å²) in [7, 11) is -2.31. The lowest BCUT2D eigenvalue weighted by Crippen LogP contribution is -2.13. The Morgan fingerprint density at radius 1 is 1.38 bits per heavy atom. The molecule has 0 atom stereocenters. The molecule has 0 radical (unpaired) electrons. The summed E-state index contributed by atoms with van der Waals surface area (Å²) in [6.07, 6.45) is 2.24. The molecule has 0 fully saturated rings. The largest absolute Gasteiger partial charge is 0.497 e. The third-order valence-corrected chi connectivity index (χ3v) is 3.90. The van der Waals surface area contributed by atoms with Crippen LogP contribution in [0.3, 0.4) is 0 Å². The van der Waals surface area contributed by atoms with Crippen LogP contribution in [-0.4, -0.2) is 36.4 Å². The monoisotopic (exact) mass is 311 g/mol. The van der Waals surface area contributed by atoms with E-state index in [0.717, 1.165) is 17.1 Å². The number of ether oxygens (including phenoxy) is 1. The van der Waals surface area contributed by atoms with E-state index in [9.17, 15) is 13.2 Å². The van der Waals surface area contributed by atoms with E-state index in [1.54, 1.807) is 24.3 Å². The van der Waals surface area contributed by atoms with Gasteiger partial charge in [0.05, 0.1) is 13.3 Å². The third-order valence-electron chi connectivity index (χ3n) is 2.56. The van der Waals surface area contributed by atoms with Gasteiger partial charge in [-0.2, -0.15) is 5.10 Å². The third kappa shape index (κ3) is 3.72. The fraction of sp³-hybridized carbons (Fsp3) is 0.167. The van der Waals surface area contributed by atoms with Crippen LogP contribution in [0.15, 0.2) is 41.6 Å². The van der Waals surface area contributed by atoms with E-state index in [4.69, 9.17) is 9.84 Å². The number of methoxy groups -OCH3 is 1. The van der Waals surface area contributed by atoms with Crippen molar-refractivity contribution < 1.29 is 23.1 Å². The molecule has 1 heterocycles. The van der Waals surface area contributed by atoms with Crippen LogP contribution in [0.25, 0.3) is 0 Å². The fourth-order valence-corrected chi connectivity index (χ4v) is 2.59. The number of carboxylic acid groups (broad SMARTS) is 1. The number of aliphatic carboxylic acids is 1. The van der Waals surface area contributed by atoms with Crippen LogP contribution in [0.4, 0.5) is 5.69 Å². The highest BCUT2D eigenvalue weighted by Gasteiger charge is 2.17. The molecular weight excluding hydrogens is 298 g/mol. The Kier molecular flexibility index (Phi) is 4.13. The van der Waals surface area contributed by atoms with Gasteiger partial charge in [-0.3, -0.25) is 14.2 Å². The van der Waals surface area contributed by atoms with Crippen LogP contribution < -0.4 is 9.46 Å². The SMILES string of the molecule is COc1ccc(NS(=O)(=O)c2cnn(CC(=O)O)c2)cc1. The molecule has 2 rings (SSSR count). The van der Waals surface area contributed by atoms with Crippen molar-refractivity contribution >= 4 is 21.7 Å². The van der Waals surface area contributed by atoms with Crippen LogP contribution in [0.5, 0.6) is 5.75 Å². The average Bonchev–Trinajstić information content (AvgIpc) is 2.88. The molecule has 2 N–H and O–H groups in total. The molecule has 0 aliphatic carbocycles. The maximum Gasteiger partial charge on any atom is 0.325 e. The van der Waals surface area contributed by atoms with E-state index in [0.29, 0.717) is 11.4 Å². The van der Waals surface area contributed by atoms with Crippen molar-refractivity contribution in [2.24, 2.45) is 0 Å². The van der Waals surface area contributed by atoms with Crippen molar-refractivity contribution in [3.8, 4) is 5.75 Å². The second-order valence-corrected chi connectivity index (χ2v) is 5.78. The van der Waals surface area contributed by atoms with Crippen molar-refractivity contribution in [1.29, 1.82) is 0 Å². The Labute approximate surface area is 121 Å². The minimum absolute atomic E-state index is 0.112. The zero-order valence-corrected chi connectivity index (χ0v) is 11.9. The van der Waals surface area contributed by atoms with E-state index in [1.807, 2.05) is 0 Å². The maximum atomic E-state index is 12.1. The number of carbonyl (C=O) groups is 1. The summed E-state index contributed by atoms with van der Waals surface area (Å²) in [5.74, 6) is -0.502. The van der Waals surface area contributed by atoms with Gasteiger partial charge >= 0.3 is 5.97 Å². The average molecular weight is 311 g/mol. The maximum absolute atomic E-state index is 12.1. The van der Waals surface area contributed by atoms with Crippen LogP contribution in [0.1, 0.15) is 0 Å². The molecule has 1 aromatic carbocycles. The molecule has 1 aromatic heterocycles. The summed E-state index contributed by atoms with van der Waals surface area (Å²) < 4.78 is 32.6. The van der Waals surface area contributed by atoms with Gasteiger partial charge < -0.3 is 9.84 Å². The summed E-state index contributed by atoms with van der Waals surface area (Å²) >= 11 is 0. The van der Waals surface area contributed by atoms with Gasteiger partial charge in [0.15, 0.2) is 0 Å². The topological polar surface area (TPSA) is 111 Å². The molecule has 0 amide bonds. The molecule has 8 nitrogen and oxygen atoms in total. The Morgan fingerprint density at radius 2 is 2.05 bits per heavy atom. The second kappa shape index (κ2) is 5.83. The summed E-state index contributed by atoms with van der Waals surface area (Å²) in [6.45, 7) is -0.405. The Balaban J connectivity index is 2.17. The van der Waals surface area contributed by atoms with E-state index in [2.05, 4.69) is 9.82 Å². The van der Waals surface area contributed by atoms with Crippen LogP contribution in [-0.2, 0) is 21.4 Å². The standard InChI is InChI=1S/C12H13N3O5S/c1-20-10-4-2-9(3-5-10)14-21(18,19)11-6-13-15(7-11)8-12(16)17/h2-7,14H,8H2,1H3,(H,16,17). The van der Waals surface area contributed by atoms with Gasteiger partial charge in [-0.25, -0.2) is 8.42 Å². The predicted octanol–water partition coefficient (Wildman–Crippen LogP) is 0.777. The summed E-state index contributed by atoms with van der Waals surface area (Å²) in [6, 6.07) is 6.34. The molecule has 9 heteroatoms. The lowest BCUT2D eigenvalue weighted by atomic mass is 10.3. The number of rotatable bonds is 6. The van der Waals surface area contributed by atoms with Gasteiger partial charge in [-0.1, -0.05) is 0 Å². The molecule has 2 aromatic rings. The number of nitrogens with one attached hydrogen (secondary N) is 1. The molecule has 0 spiro atoms. The van der Waals surface area contributed by atoms with Crippen molar-refractivity contribution in [3.05, 3.63) is 36.7 Å². The molecule has 0 unspecified atom stereocenters. The summed E-state index contributed by atoms with van der Waals surface area (Å²) in [5.41, 5.74) is 0.363. The summed E-state index contributed by atoms with van der Waals surface area (Å²) in [5, 5.41) is 12.3. The Bertz CT molecular complexity index is 737. The first-order chi connectivity index (χ1) is 9.90. The number of benzene rings is 1. The highest BCUT2D eigenvalue weighted by atomic mass is 32.2. The zero-order chi connectivity index (χ0) is 15.5. The highest BCUT2D eigenvalue weighted by Crippen LogP contribution is 2.18. The molecule has 0 saturated heterocycles. The first-order valence-electron chi connectivity index (χ1n) is 5.82. The van der Waals surface area contributed by atoms with Gasteiger partial charge in [0, 0.05) is 11.9 Å².